The van der Waals surface area contributed by atoms with Crippen LogP contribution in [0.5, 0.6) is 0 Å². The predicted molar refractivity (Wildman–Crippen MR) is 176 cm³/mol. The number of Topliss-reactive ketones (excluding diaryl/α,β-unsaturated/α-hetero) is 1. The average Bonchev–Trinajstić information content (AvgIpc) is 3.70. The third kappa shape index (κ3) is 7.92. The van der Waals surface area contributed by atoms with E-state index in [0.717, 1.165) is 32.1 Å². The van der Waals surface area contributed by atoms with Crippen LogP contribution in [0.2, 0.25) is 0 Å². The molecule has 0 bridgehead atoms. The Morgan fingerprint density at radius 2 is 1.77 bits per heavy atom. The second-order valence-corrected chi connectivity index (χ2v) is 17.4. The van der Waals surface area contributed by atoms with Crippen molar-refractivity contribution in [3.05, 3.63) is 24.2 Å². The molecule has 1 saturated heterocycles. The molecule has 6 atom stereocenters. The van der Waals surface area contributed by atoms with Crippen LogP contribution >= 0.6 is 0 Å². The van der Waals surface area contributed by atoms with Crippen molar-refractivity contribution in [1.82, 2.24) is 20.9 Å². The third-order valence-electron chi connectivity index (χ3n) is 10.8. The summed E-state index contributed by atoms with van der Waals surface area (Å²) >= 11 is 0. The van der Waals surface area contributed by atoms with Crippen molar-refractivity contribution in [3.63, 3.8) is 0 Å². The Kier molecular flexibility index (Phi) is 9.97. The fourth-order valence-electron chi connectivity index (χ4n) is 7.83. The smallest absolute Gasteiger partial charge is 0.315 e. The molecule has 1 aromatic rings. The number of carbonyl (C=O) groups excluding carboxylic acids is 5. The van der Waals surface area contributed by atoms with Crippen LogP contribution in [0, 0.1) is 28.6 Å². The number of nitrogens with two attached hydrogens (primary N) is 1. The van der Waals surface area contributed by atoms with Gasteiger partial charge in [0.25, 0.3) is 5.91 Å². The summed E-state index contributed by atoms with van der Waals surface area (Å²) in [5, 5.41) is 8.84. The van der Waals surface area contributed by atoms with E-state index in [4.69, 9.17) is 10.2 Å². The average molecular weight is 674 g/mol. The summed E-state index contributed by atoms with van der Waals surface area (Å²) in [5.74, 6) is -1.43. The number of fused-ring (bicyclic) bond motifs is 1. The summed E-state index contributed by atoms with van der Waals surface area (Å²) in [7, 11) is -1.28. The predicted octanol–water partition coefficient (Wildman–Crippen LogP) is 2.77. The van der Waals surface area contributed by atoms with Crippen LogP contribution in [0.3, 0.4) is 0 Å². The van der Waals surface area contributed by atoms with Crippen LogP contribution in [-0.4, -0.2) is 74.6 Å². The number of carbonyl (C=O) groups is 5. The highest BCUT2D eigenvalue weighted by Crippen LogP contribution is 2.65. The minimum Gasteiger partial charge on any atom is -0.468 e. The zero-order chi connectivity index (χ0) is 34.3. The van der Waals surface area contributed by atoms with E-state index in [9.17, 15) is 28.2 Å². The van der Waals surface area contributed by atoms with E-state index in [1.807, 2.05) is 20.8 Å². The van der Waals surface area contributed by atoms with Gasteiger partial charge in [-0.25, -0.2) is 4.79 Å². The van der Waals surface area contributed by atoms with Gasteiger partial charge in [-0.3, -0.25) is 23.4 Å². The van der Waals surface area contributed by atoms with Gasteiger partial charge in [0.1, 0.15) is 17.8 Å². The van der Waals surface area contributed by atoms with Crippen molar-refractivity contribution in [2.75, 3.05) is 12.3 Å². The molecule has 12 nitrogen and oxygen atoms in total. The van der Waals surface area contributed by atoms with Crippen molar-refractivity contribution >= 4 is 40.3 Å². The van der Waals surface area contributed by atoms with E-state index in [1.54, 1.807) is 23.3 Å². The van der Waals surface area contributed by atoms with Gasteiger partial charge in [0.15, 0.2) is 0 Å². The molecule has 2 unspecified atom stereocenters. The molecular weight excluding hydrogens is 622 g/mol. The number of hydrogen-bond donors (Lipinski definition) is 4. The zero-order valence-corrected chi connectivity index (χ0v) is 29.1. The Hall–Kier alpha value is -3.22. The second kappa shape index (κ2) is 13.4. The van der Waals surface area contributed by atoms with E-state index in [0.29, 0.717) is 31.6 Å². The maximum absolute atomic E-state index is 14.4. The lowest BCUT2D eigenvalue weighted by molar-refractivity contribution is -0.145. The number of amides is 5. The zero-order valence-electron chi connectivity index (χ0n) is 28.3. The lowest BCUT2D eigenvalue weighted by Crippen LogP contribution is -2.63. The van der Waals surface area contributed by atoms with Crippen molar-refractivity contribution in [2.24, 2.45) is 34.3 Å². The number of furan rings is 1. The minimum absolute atomic E-state index is 0.0834. The molecule has 3 aliphatic carbocycles. The Morgan fingerprint density at radius 3 is 2.34 bits per heavy atom. The highest BCUT2D eigenvalue weighted by atomic mass is 32.2. The van der Waals surface area contributed by atoms with E-state index in [1.165, 1.54) is 0 Å². The molecular formula is C34H51N5O7S. The number of piperidine rings is 1. The van der Waals surface area contributed by atoms with Crippen LogP contribution in [0.1, 0.15) is 91.7 Å². The molecule has 260 valence electrons. The Labute approximate surface area is 279 Å². The van der Waals surface area contributed by atoms with Crippen LogP contribution in [0.4, 0.5) is 4.79 Å². The van der Waals surface area contributed by atoms with Gasteiger partial charge in [0, 0.05) is 23.1 Å². The van der Waals surface area contributed by atoms with Gasteiger partial charge in [0.05, 0.1) is 23.6 Å². The summed E-state index contributed by atoms with van der Waals surface area (Å²) in [4.78, 5) is 67.9. The summed E-state index contributed by atoms with van der Waals surface area (Å²) in [5.41, 5.74) is 3.73. The Balaban J connectivity index is 1.31. The first-order valence-electron chi connectivity index (χ1n) is 16.9. The monoisotopic (exact) mass is 673 g/mol. The summed E-state index contributed by atoms with van der Waals surface area (Å²) in [6.45, 7) is 10.0. The first-order chi connectivity index (χ1) is 22.0. The standard InChI is InChI=1S/C34H51N5O7S/c1-32(2,3)27(37-31(44)38-34(13-7-6-8-14-34)19-47(45)18-21-10-9-15-46-21)30(43)39-17-22-24(33(22,4)5)25(39)29(42)36-23(16-20-11-12-20)26(40)28(35)41/h9-10,15,20,22-25,27H,6-8,11-14,16-19H2,1-5H3,(H2,35,41)(H,36,42)(H2,37,38,44)/t22-,23?,24-,25-,27+,47?/m0/s1. The summed E-state index contributed by atoms with van der Waals surface area (Å²) in [6, 6.07) is 0.167. The van der Waals surface area contributed by atoms with Crippen molar-refractivity contribution in [1.29, 1.82) is 0 Å². The molecule has 47 heavy (non-hydrogen) atoms. The number of hydrogen-bond acceptors (Lipinski definition) is 7. The fourth-order valence-corrected chi connectivity index (χ4v) is 9.39. The fraction of sp³-hybridized carbons (Fsp3) is 0.735. The molecule has 0 aromatic carbocycles. The van der Waals surface area contributed by atoms with Gasteiger partial charge >= 0.3 is 6.03 Å². The first kappa shape index (κ1) is 35.1. The summed E-state index contributed by atoms with van der Waals surface area (Å²) in [6.07, 6.45) is 7.90. The molecule has 5 N–H and O–H groups in total. The van der Waals surface area contributed by atoms with Gasteiger partial charge in [-0.2, -0.15) is 0 Å². The Bertz CT molecular complexity index is 1390. The van der Waals surface area contributed by atoms with Crippen LogP contribution in [0.15, 0.2) is 22.8 Å². The van der Waals surface area contributed by atoms with Crippen LogP contribution in [0.25, 0.3) is 0 Å². The molecule has 4 aliphatic rings. The van der Waals surface area contributed by atoms with E-state index < -0.39 is 63.5 Å². The molecule has 0 spiro atoms. The molecule has 3 saturated carbocycles. The van der Waals surface area contributed by atoms with Gasteiger partial charge in [-0.05, 0) is 60.0 Å². The Morgan fingerprint density at radius 1 is 1.09 bits per heavy atom. The van der Waals surface area contributed by atoms with E-state index >= 15 is 0 Å². The maximum Gasteiger partial charge on any atom is 0.315 e. The molecule has 4 fully saturated rings. The van der Waals surface area contributed by atoms with Gasteiger partial charge in [-0.1, -0.05) is 66.7 Å². The van der Waals surface area contributed by atoms with Gasteiger partial charge in [0.2, 0.25) is 17.6 Å². The number of primary amides is 1. The molecule has 1 aromatic heterocycles. The maximum atomic E-state index is 14.4. The van der Waals surface area contributed by atoms with E-state index in [-0.39, 0.29) is 40.6 Å². The first-order valence-corrected chi connectivity index (χ1v) is 18.4. The number of nitrogens with zero attached hydrogens (tertiary/aromatic N) is 1. The molecule has 2 heterocycles. The molecule has 1 aliphatic heterocycles. The van der Waals surface area contributed by atoms with Crippen LogP contribution in [-0.2, 0) is 35.7 Å². The largest absolute Gasteiger partial charge is 0.468 e. The lowest BCUT2D eigenvalue weighted by Gasteiger charge is -2.40. The highest BCUT2D eigenvalue weighted by Gasteiger charge is 2.70. The van der Waals surface area contributed by atoms with Crippen molar-refractivity contribution < 1.29 is 32.6 Å². The third-order valence-corrected chi connectivity index (χ3v) is 12.3. The van der Waals surface area contributed by atoms with Crippen LogP contribution < -0.4 is 21.7 Å². The number of ketones is 1. The lowest BCUT2D eigenvalue weighted by atomic mass is 9.83. The summed E-state index contributed by atoms with van der Waals surface area (Å²) < 4.78 is 18.6. The number of nitrogens with one attached hydrogen (secondary N) is 3. The molecule has 0 radical (unpaired) electrons. The second-order valence-electron chi connectivity index (χ2n) is 15.9. The normalized spacial score (nSPS) is 26.3. The van der Waals surface area contributed by atoms with Crippen molar-refractivity contribution in [2.45, 2.75) is 115 Å². The topological polar surface area (TPSA) is 181 Å². The molecule has 5 rings (SSSR count). The van der Waals surface area contributed by atoms with Gasteiger partial charge < -0.3 is 31.0 Å². The highest BCUT2D eigenvalue weighted by molar-refractivity contribution is 7.84. The van der Waals surface area contributed by atoms with Gasteiger partial charge in [-0.15, -0.1) is 0 Å². The van der Waals surface area contributed by atoms with Crippen molar-refractivity contribution in [3.8, 4) is 0 Å². The minimum atomic E-state index is -1.28. The molecule has 5 amide bonds. The number of urea groups is 1. The SMILES string of the molecule is CC(C)(C)[C@H](NC(=O)NC1(CS(=O)Cc2ccco2)CCCCC1)C(=O)N1C[C@H]2[C@@H]([C@H]1C(=O)NC(CC1CC1)C(=O)C(N)=O)C2(C)C. The van der Waals surface area contributed by atoms with E-state index in [2.05, 4.69) is 29.8 Å². The number of likely N-dealkylation sites (tertiary alicyclic amines) is 1. The number of rotatable bonds is 13. The molecule has 13 heteroatoms. The quantitative estimate of drug-likeness (QED) is 0.232.